The minimum atomic E-state index is 0.236. The molecule has 0 amide bonds. The minimum Gasteiger partial charge on any atom is -0.299 e. The van der Waals surface area contributed by atoms with Crippen LogP contribution in [0.1, 0.15) is 46.0 Å². The van der Waals surface area contributed by atoms with E-state index in [-0.39, 0.29) is 5.92 Å². The summed E-state index contributed by atoms with van der Waals surface area (Å²) in [6.45, 7) is 4.46. The fourth-order valence-electron chi connectivity index (χ4n) is 3.53. The van der Waals surface area contributed by atoms with Crippen LogP contribution in [0, 0.1) is 35.5 Å². The molecular formula is C14H20O. The van der Waals surface area contributed by atoms with Crippen LogP contribution in [0.2, 0.25) is 0 Å². The van der Waals surface area contributed by atoms with Crippen LogP contribution < -0.4 is 0 Å². The summed E-state index contributed by atoms with van der Waals surface area (Å²) < 4.78 is 0. The highest BCUT2D eigenvalue weighted by Gasteiger charge is 2.46. The zero-order valence-corrected chi connectivity index (χ0v) is 9.75. The highest BCUT2D eigenvalue weighted by Crippen LogP contribution is 2.52. The molecule has 2 aliphatic carbocycles. The van der Waals surface area contributed by atoms with Crippen LogP contribution in [0.25, 0.3) is 0 Å². The topological polar surface area (TPSA) is 17.1 Å². The smallest absolute Gasteiger partial charge is 0.136 e. The Kier molecular flexibility index (Phi) is 2.63. The summed E-state index contributed by atoms with van der Waals surface area (Å²) in [7, 11) is 0. The van der Waals surface area contributed by atoms with Gasteiger partial charge in [0.15, 0.2) is 0 Å². The van der Waals surface area contributed by atoms with E-state index in [0.29, 0.717) is 23.0 Å². The SMILES string of the molecule is C#C[C@@H]1CC[C@@]2(C)CCC(=O)[C@@H](C)[C@@H]2C1. The number of carbonyl (C=O) groups is 1. The fourth-order valence-corrected chi connectivity index (χ4v) is 3.53. The molecule has 0 unspecified atom stereocenters. The van der Waals surface area contributed by atoms with E-state index < -0.39 is 0 Å². The van der Waals surface area contributed by atoms with E-state index in [0.717, 1.165) is 25.7 Å². The molecule has 82 valence electrons. The molecule has 0 aromatic heterocycles. The third-order valence-electron chi connectivity index (χ3n) is 4.79. The van der Waals surface area contributed by atoms with Gasteiger partial charge in [-0.3, -0.25) is 4.79 Å². The number of terminal acetylenes is 1. The lowest BCUT2D eigenvalue weighted by atomic mass is 9.55. The van der Waals surface area contributed by atoms with Crippen LogP contribution in [0.3, 0.4) is 0 Å². The van der Waals surface area contributed by atoms with Gasteiger partial charge in [-0.25, -0.2) is 0 Å². The molecule has 0 radical (unpaired) electrons. The molecule has 15 heavy (non-hydrogen) atoms. The third kappa shape index (κ3) is 1.71. The molecule has 0 aromatic rings. The largest absolute Gasteiger partial charge is 0.299 e. The number of rotatable bonds is 0. The fraction of sp³-hybridized carbons (Fsp3) is 0.786. The van der Waals surface area contributed by atoms with Crippen LogP contribution in [-0.4, -0.2) is 5.78 Å². The lowest BCUT2D eigenvalue weighted by molar-refractivity contribution is -0.132. The van der Waals surface area contributed by atoms with Crippen molar-refractivity contribution in [2.45, 2.75) is 46.0 Å². The second-order valence-corrected chi connectivity index (χ2v) is 5.65. The number of fused-ring (bicyclic) bond motifs is 1. The van der Waals surface area contributed by atoms with Crippen LogP contribution in [0.5, 0.6) is 0 Å². The van der Waals surface area contributed by atoms with Crippen LogP contribution in [0.15, 0.2) is 0 Å². The summed E-state index contributed by atoms with van der Waals surface area (Å²) in [5, 5.41) is 0. The normalized spacial score (nSPS) is 45.7. The molecule has 0 N–H and O–H groups in total. The Balaban J connectivity index is 2.20. The van der Waals surface area contributed by atoms with Gasteiger partial charge >= 0.3 is 0 Å². The van der Waals surface area contributed by atoms with Gasteiger partial charge < -0.3 is 0 Å². The molecule has 2 saturated carbocycles. The molecule has 1 nitrogen and oxygen atoms in total. The number of ketones is 1. The first kappa shape index (κ1) is 10.7. The average molecular weight is 204 g/mol. The van der Waals surface area contributed by atoms with Crippen molar-refractivity contribution in [1.82, 2.24) is 0 Å². The molecule has 0 aromatic carbocycles. The summed E-state index contributed by atoms with van der Waals surface area (Å²) in [6.07, 6.45) is 10.8. The average Bonchev–Trinajstić information content (AvgIpc) is 2.24. The van der Waals surface area contributed by atoms with Crippen molar-refractivity contribution in [3.8, 4) is 12.3 Å². The monoisotopic (exact) mass is 204 g/mol. The maximum absolute atomic E-state index is 11.7. The molecular weight excluding hydrogens is 184 g/mol. The van der Waals surface area contributed by atoms with Crippen LogP contribution in [-0.2, 0) is 4.79 Å². The minimum absolute atomic E-state index is 0.236. The Morgan fingerprint density at radius 1 is 1.47 bits per heavy atom. The highest BCUT2D eigenvalue weighted by atomic mass is 16.1. The van der Waals surface area contributed by atoms with Gasteiger partial charge in [0, 0.05) is 18.3 Å². The van der Waals surface area contributed by atoms with E-state index in [1.807, 2.05) is 0 Å². The van der Waals surface area contributed by atoms with Gasteiger partial charge in [-0.05, 0) is 37.0 Å². The van der Waals surface area contributed by atoms with E-state index in [9.17, 15) is 4.79 Å². The lowest BCUT2D eigenvalue weighted by Gasteiger charge is -2.49. The van der Waals surface area contributed by atoms with Gasteiger partial charge in [0.05, 0.1) is 0 Å². The Morgan fingerprint density at radius 2 is 2.20 bits per heavy atom. The van der Waals surface area contributed by atoms with Crippen molar-refractivity contribution in [3.63, 3.8) is 0 Å². The molecule has 1 heteroatoms. The molecule has 0 aliphatic heterocycles. The molecule has 0 spiro atoms. The predicted octanol–water partition coefficient (Wildman–Crippen LogP) is 3.04. The summed E-state index contributed by atoms with van der Waals surface area (Å²) in [6, 6.07) is 0. The van der Waals surface area contributed by atoms with E-state index in [1.165, 1.54) is 6.42 Å². The number of hydrogen-bond donors (Lipinski definition) is 0. The van der Waals surface area contributed by atoms with E-state index in [1.54, 1.807) is 0 Å². The van der Waals surface area contributed by atoms with Crippen molar-refractivity contribution in [3.05, 3.63) is 0 Å². The quantitative estimate of drug-likeness (QED) is 0.554. The van der Waals surface area contributed by atoms with Gasteiger partial charge in [0.2, 0.25) is 0 Å². The molecule has 2 aliphatic rings. The van der Waals surface area contributed by atoms with Gasteiger partial charge in [-0.15, -0.1) is 12.3 Å². The Hall–Kier alpha value is -0.770. The first-order valence-electron chi connectivity index (χ1n) is 6.05. The Labute approximate surface area is 92.6 Å². The van der Waals surface area contributed by atoms with Crippen molar-refractivity contribution in [2.75, 3.05) is 0 Å². The second kappa shape index (κ2) is 3.67. The zero-order valence-electron chi connectivity index (χ0n) is 9.75. The molecule has 0 heterocycles. The summed E-state index contributed by atoms with van der Waals surface area (Å²) in [4.78, 5) is 11.7. The lowest BCUT2D eigenvalue weighted by Crippen LogP contribution is -2.44. The van der Waals surface area contributed by atoms with Gasteiger partial charge in [-0.2, -0.15) is 0 Å². The van der Waals surface area contributed by atoms with Gasteiger partial charge in [0.25, 0.3) is 0 Å². The Morgan fingerprint density at radius 3 is 2.87 bits per heavy atom. The summed E-state index contributed by atoms with van der Waals surface area (Å²) in [5.41, 5.74) is 0.390. The Bertz CT molecular complexity index is 312. The van der Waals surface area contributed by atoms with Crippen molar-refractivity contribution in [1.29, 1.82) is 0 Å². The summed E-state index contributed by atoms with van der Waals surface area (Å²) in [5.74, 6) is 4.52. The number of Topliss-reactive ketones (excluding diaryl/α,β-unsaturated/α-hetero) is 1. The second-order valence-electron chi connectivity index (χ2n) is 5.65. The first-order chi connectivity index (χ1) is 7.07. The van der Waals surface area contributed by atoms with E-state index >= 15 is 0 Å². The van der Waals surface area contributed by atoms with Gasteiger partial charge in [-0.1, -0.05) is 13.8 Å². The maximum atomic E-state index is 11.7. The standard InChI is InChI=1S/C14H20O/c1-4-11-5-7-14(3)8-6-13(15)10(2)12(14)9-11/h1,10-12H,5-9H2,2-3H3/t10-,11+,12-,14-/m0/s1. The van der Waals surface area contributed by atoms with Crippen molar-refractivity contribution in [2.24, 2.45) is 23.2 Å². The van der Waals surface area contributed by atoms with E-state index in [4.69, 9.17) is 6.42 Å². The zero-order chi connectivity index (χ0) is 11.1. The molecule has 2 fully saturated rings. The van der Waals surface area contributed by atoms with Crippen molar-refractivity contribution >= 4 is 5.78 Å². The molecule has 2 rings (SSSR count). The molecule has 4 atom stereocenters. The number of hydrogen-bond acceptors (Lipinski definition) is 1. The van der Waals surface area contributed by atoms with Gasteiger partial charge in [0.1, 0.15) is 5.78 Å². The third-order valence-corrected chi connectivity index (χ3v) is 4.79. The number of carbonyl (C=O) groups excluding carboxylic acids is 1. The van der Waals surface area contributed by atoms with Crippen LogP contribution in [0.4, 0.5) is 0 Å². The first-order valence-corrected chi connectivity index (χ1v) is 6.05. The highest BCUT2D eigenvalue weighted by molar-refractivity contribution is 5.82. The summed E-state index contributed by atoms with van der Waals surface area (Å²) >= 11 is 0. The predicted molar refractivity (Wildman–Crippen MR) is 61.2 cm³/mol. The molecule has 0 bridgehead atoms. The van der Waals surface area contributed by atoms with E-state index in [2.05, 4.69) is 19.8 Å². The van der Waals surface area contributed by atoms with Crippen LogP contribution >= 0.6 is 0 Å². The maximum Gasteiger partial charge on any atom is 0.136 e. The van der Waals surface area contributed by atoms with Crippen molar-refractivity contribution < 1.29 is 4.79 Å². The molecule has 0 saturated heterocycles.